The molecule has 0 radical (unpaired) electrons. The van der Waals surface area contributed by atoms with Crippen LogP contribution in [0.2, 0.25) is 0 Å². The van der Waals surface area contributed by atoms with Gasteiger partial charge in [0.15, 0.2) is 5.96 Å². The molecule has 0 aromatic rings. The zero-order valence-corrected chi connectivity index (χ0v) is 14.4. The molecule has 0 aliphatic heterocycles. The van der Waals surface area contributed by atoms with Gasteiger partial charge in [-0.1, -0.05) is 45.4 Å². The monoisotopic (exact) mass is 327 g/mol. The van der Waals surface area contributed by atoms with E-state index in [4.69, 9.17) is 17.2 Å². The second-order valence-corrected chi connectivity index (χ2v) is 5.84. The van der Waals surface area contributed by atoms with E-state index in [0.717, 1.165) is 19.3 Å². The first-order valence-corrected chi connectivity index (χ1v) is 8.62. The van der Waals surface area contributed by atoms with Crippen molar-refractivity contribution in [3.63, 3.8) is 0 Å². The number of unbranched alkanes of at least 4 members (excludes halogenated alkanes) is 6. The van der Waals surface area contributed by atoms with Gasteiger partial charge in [0.2, 0.25) is 11.8 Å². The molecule has 0 aromatic carbocycles. The number of guanidine groups is 1. The van der Waals surface area contributed by atoms with Crippen molar-refractivity contribution in [3.05, 3.63) is 0 Å². The number of aliphatic imine (C=N–C) groups is 1. The molecule has 7 nitrogen and oxygen atoms in total. The topological polar surface area (TPSA) is 137 Å². The van der Waals surface area contributed by atoms with Gasteiger partial charge in [0.1, 0.15) is 0 Å². The number of nitrogens with two attached hydrogens (primary N) is 3. The van der Waals surface area contributed by atoms with Gasteiger partial charge in [0.05, 0.1) is 6.04 Å². The van der Waals surface area contributed by atoms with Crippen molar-refractivity contribution < 1.29 is 9.59 Å². The van der Waals surface area contributed by atoms with E-state index in [2.05, 4.69) is 17.2 Å². The Labute approximate surface area is 139 Å². The first kappa shape index (κ1) is 21.4. The number of carbonyl (C=O) groups excluding carboxylic acids is 2. The van der Waals surface area contributed by atoms with Gasteiger partial charge in [-0.3, -0.25) is 19.9 Å². The summed E-state index contributed by atoms with van der Waals surface area (Å²) in [5, 5.41) is 2.35. The van der Waals surface area contributed by atoms with Crippen LogP contribution in [0.15, 0.2) is 4.99 Å². The molecule has 0 aliphatic rings. The molecule has 0 aromatic heterocycles. The molecular formula is C16H33N5O2. The summed E-state index contributed by atoms with van der Waals surface area (Å²) in [6.45, 7) is 2.61. The fourth-order valence-corrected chi connectivity index (χ4v) is 2.19. The molecule has 0 saturated heterocycles. The van der Waals surface area contributed by atoms with Crippen LogP contribution in [0.25, 0.3) is 0 Å². The third kappa shape index (κ3) is 13.7. The summed E-state index contributed by atoms with van der Waals surface area (Å²) in [5.74, 6) is -0.654. The Hall–Kier alpha value is -1.63. The molecule has 0 aliphatic carbocycles. The van der Waals surface area contributed by atoms with Gasteiger partial charge >= 0.3 is 0 Å². The largest absolute Gasteiger partial charge is 0.370 e. The predicted molar refractivity (Wildman–Crippen MR) is 93.6 cm³/mol. The summed E-state index contributed by atoms with van der Waals surface area (Å²) in [7, 11) is 0. The highest BCUT2D eigenvalue weighted by atomic mass is 16.2. The van der Waals surface area contributed by atoms with Crippen LogP contribution < -0.4 is 22.5 Å². The molecule has 0 unspecified atom stereocenters. The van der Waals surface area contributed by atoms with Crippen LogP contribution in [0.1, 0.15) is 71.1 Å². The lowest BCUT2D eigenvalue weighted by atomic mass is 10.1. The van der Waals surface area contributed by atoms with Gasteiger partial charge in [-0.05, 0) is 19.3 Å². The van der Waals surface area contributed by atoms with Gasteiger partial charge < -0.3 is 17.2 Å². The number of hydrogen-bond acceptors (Lipinski definition) is 4. The smallest absolute Gasteiger partial charge is 0.243 e. The minimum atomic E-state index is -0.706. The molecule has 134 valence electrons. The van der Waals surface area contributed by atoms with E-state index in [9.17, 15) is 9.59 Å². The van der Waals surface area contributed by atoms with Crippen molar-refractivity contribution in [3.8, 4) is 0 Å². The van der Waals surface area contributed by atoms with Gasteiger partial charge in [-0.25, -0.2) is 0 Å². The lowest BCUT2D eigenvalue weighted by molar-refractivity contribution is -0.131. The first-order chi connectivity index (χ1) is 11.0. The average molecular weight is 327 g/mol. The van der Waals surface area contributed by atoms with Crippen LogP contribution in [0, 0.1) is 0 Å². The van der Waals surface area contributed by atoms with Crippen molar-refractivity contribution in [2.45, 2.75) is 77.2 Å². The van der Waals surface area contributed by atoms with Crippen LogP contribution in [-0.4, -0.2) is 30.4 Å². The normalized spacial score (nSPS) is 11.7. The number of hydrogen-bond donors (Lipinski definition) is 4. The SMILES string of the molecule is CCCCCCCCCC(=O)NC(=O)[C@@H](N)CCCN=C(N)N. The lowest BCUT2D eigenvalue weighted by Gasteiger charge is -2.10. The average Bonchev–Trinajstić information content (AvgIpc) is 2.50. The number of imide groups is 1. The fourth-order valence-electron chi connectivity index (χ4n) is 2.19. The molecule has 7 N–H and O–H groups in total. The second-order valence-electron chi connectivity index (χ2n) is 5.84. The summed E-state index contributed by atoms with van der Waals surface area (Å²) >= 11 is 0. The summed E-state index contributed by atoms with van der Waals surface area (Å²) in [5.41, 5.74) is 16.1. The Morgan fingerprint density at radius 1 is 1.00 bits per heavy atom. The lowest BCUT2D eigenvalue weighted by Crippen LogP contribution is -2.43. The maximum absolute atomic E-state index is 11.7. The Kier molecular flexibility index (Phi) is 13.0. The predicted octanol–water partition coefficient (Wildman–Crippen LogP) is 1.15. The number of nitrogens with zero attached hydrogens (tertiary/aromatic N) is 1. The summed E-state index contributed by atoms with van der Waals surface area (Å²) in [6.07, 6.45) is 9.37. The summed E-state index contributed by atoms with van der Waals surface area (Å²) < 4.78 is 0. The van der Waals surface area contributed by atoms with Crippen molar-refractivity contribution in [1.29, 1.82) is 0 Å². The van der Waals surface area contributed by atoms with Crippen LogP contribution in [0.5, 0.6) is 0 Å². The molecule has 0 rings (SSSR count). The molecule has 0 bridgehead atoms. The van der Waals surface area contributed by atoms with E-state index >= 15 is 0 Å². The Morgan fingerprint density at radius 2 is 1.61 bits per heavy atom. The van der Waals surface area contributed by atoms with Gasteiger partial charge in [0.25, 0.3) is 0 Å². The molecule has 0 heterocycles. The molecule has 7 heteroatoms. The summed E-state index contributed by atoms with van der Waals surface area (Å²) in [6, 6.07) is -0.706. The molecule has 2 amide bonds. The van der Waals surface area contributed by atoms with Gasteiger partial charge in [0, 0.05) is 13.0 Å². The highest BCUT2D eigenvalue weighted by Gasteiger charge is 2.15. The zero-order chi connectivity index (χ0) is 17.5. The quantitative estimate of drug-likeness (QED) is 0.228. The maximum Gasteiger partial charge on any atom is 0.243 e. The molecule has 23 heavy (non-hydrogen) atoms. The van der Waals surface area contributed by atoms with E-state index in [1.165, 1.54) is 25.7 Å². The van der Waals surface area contributed by atoms with Crippen LogP contribution >= 0.6 is 0 Å². The number of rotatable bonds is 13. The first-order valence-electron chi connectivity index (χ1n) is 8.62. The highest BCUT2D eigenvalue weighted by Crippen LogP contribution is 2.08. The van der Waals surface area contributed by atoms with Crippen LogP contribution in [0.4, 0.5) is 0 Å². The zero-order valence-electron chi connectivity index (χ0n) is 14.4. The maximum atomic E-state index is 11.7. The van der Waals surface area contributed by atoms with Crippen molar-refractivity contribution in [2.24, 2.45) is 22.2 Å². The highest BCUT2D eigenvalue weighted by molar-refractivity contribution is 5.97. The third-order valence-electron chi connectivity index (χ3n) is 3.57. The summed E-state index contributed by atoms with van der Waals surface area (Å²) in [4.78, 5) is 27.2. The Balaban J connectivity index is 3.67. The van der Waals surface area contributed by atoms with E-state index in [1.807, 2.05) is 0 Å². The fraction of sp³-hybridized carbons (Fsp3) is 0.812. The minimum Gasteiger partial charge on any atom is -0.370 e. The molecule has 1 atom stereocenters. The van der Waals surface area contributed by atoms with E-state index in [1.54, 1.807) is 0 Å². The standard InChI is InChI=1S/C16H33N5O2/c1-2-3-4-5-6-7-8-11-14(22)21-15(23)13(17)10-9-12-20-16(18)19/h13H,2-12,17H2,1H3,(H4,18,19,20)(H,21,22,23)/t13-/m0/s1. The molecular weight excluding hydrogens is 294 g/mol. The van der Waals surface area contributed by atoms with E-state index in [0.29, 0.717) is 25.8 Å². The number of carbonyl (C=O) groups is 2. The van der Waals surface area contributed by atoms with Gasteiger partial charge in [-0.2, -0.15) is 0 Å². The second kappa shape index (κ2) is 14.0. The van der Waals surface area contributed by atoms with Gasteiger partial charge in [-0.15, -0.1) is 0 Å². The molecule has 0 saturated carbocycles. The van der Waals surface area contributed by atoms with Crippen molar-refractivity contribution >= 4 is 17.8 Å². The van der Waals surface area contributed by atoms with E-state index < -0.39 is 11.9 Å². The van der Waals surface area contributed by atoms with Crippen molar-refractivity contribution in [1.82, 2.24) is 5.32 Å². The third-order valence-corrected chi connectivity index (χ3v) is 3.57. The molecule has 0 fully saturated rings. The minimum absolute atomic E-state index is 0.0212. The Morgan fingerprint density at radius 3 is 2.22 bits per heavy atom. The Bertz CT molecular complexity index is 367. The van der Waals surface area contributed by atoms with Crippen molar-refractivity contribution in [2.75, 3.05) is 6.54 Å². The molecule has 0 spiro atoms. The van der Waals surface area contributed by atoms with Crippen LogP contribution in [0.3, 0.4) is 0 Å². The number of amides is 2. The number of nitrogens with one attached hydrogen (secondary N) is 1. The van der Waals surface area contributed by atoms with E-state index in [-0.39, 0.29) is 11.9 Å². The van der Waals surface area contributed by atoms with Crippen LogP contribution in [-0.2, 0) is 9.59 Å².